The fraction of sp³-hybridized carbons (Fsp3) is 0.0833. The Labute approximate surface area is 104 Å². The van der Waals surface area contributed by atoms with Crippen molar-refractivity contribution in [2.45, 2.75) is 0 Å². The predicted molar refractivity (Wildman–Crippen MR) is 67.4 cm³/mol. The Hall–Kier alpha value is -2.63. The molecule has 0 saturated heterocycles. The topological polar surface area (TPSA) is 90.1 Å². The van der Waals surface area contributed by atoms with Crippen LogP contribution in [0.15, 0.2) is 36.7 Å². The van der Waals surface area contributed by atoms with Gasteiger partial charge in [0.2, 0.25) is 5.95 Å². The quantitative estimate of drug-likeness (QED) is 0.795. The number of amides is 1. The highest BCUT2D eigenvalue weighted by Gasteiger charge is 2.16. The van der Waals surface area contributed by atoms with Crippen LogP contribution in [0.5, 0.6) is 5.75 Å². The van der Waals surface area contributed by atoms with Crippen LogP contribution >= 0.6 is 0 Å². The maximum atomic E-state index is 12.1. The van der Waals surface area contributed by atoms with Gasteiger partial charge in [0.15, 0.2) is 0 Å². The van der Waals surface area contributed by atoms with E-state index in [-0.39, 0.29) is 11.5 Å². The summed E-state index contributed by atoms with van der Waals surface area (Å²) in [6, 6.07) is 6.66. The lowest BCUT2D eigenvalue weighted by Gasteiger charge is -2.10. The molecule has 3 N–H and O–H groups in total. The molecule has 2 rings (SSSR count). The molecular weight excluding hydrogens is 232 g/mol. The predicted octanol–water partition coefficient (Wildman–Crippen LogP) is 1.32. The van der Waals surface area contributed by atoms with Crippen molar-refractivity contribution in [2.24, 2.45) is 0 Å². The largest absolute Gasteiger partial charge is 0.496 e. The fourth-order valence-corrected chi connectivity index (χ4v) is 1.49. The summed E-state index contributed by atoms with van der Waals surface area (Å²) in [5.74, 6) is 0.215. The molecule has 0 aliphatic rings. The zero-order valence-electron chi connectivity index (χ0n) is 9.75. The summed E-state index contributed by atoms with van der Waals surface area (Å²) < 4.78 is 5.10. The van der Waals surface area contributed by atoms with Gasteiger partial charge in [0.25, 0.3) is 5.91 Å². The van der Waals surface area contributed by atoms with Gasteiger partial charge < -0.3 is 10.5 Å². The third kappa shape index (κ3) is 2.37. The molecule has 0 fully saturated rings. The molecule has 6 nitrogen and oxygen atoms in total. The van der Waals surface area contributed by atoms with Gasteiger partial charge in [-0.25, -0.2) is 9.97 Å². The van der Waals surface area contributed by atoms with Crippen LogP contribution in [0.1, 0.15) is 10.4 Å². The monoisotopic (exact) mass is 244 g/mol. The summed E-state index contributed by atoms with van der Waals surface area (Å²) in [5, 5.41) is 2.55. The van der Waals surface area contributed by atoms with Gasteiger partial charge in [0.05, 0.1) is 7.11 Å². The van der Waals surface area contributed by atoms with Gasteiger partial charge in [-0.3, -0.25) is 10.1 Å². The van der Waals surface area contributed by atoms with Crippen molar-refractivity contribution >= 4 is 17.5 Å². The first kappa shape index (κ1) is 11.8. The maximum Gasteiger partial charge on any atom is 0.263 e. The van der Waals surface area contributed by atoms with Crippen molar-refractivity contribution in [2.75, 3.05) is 18.2 Å². The van der Waals surface area contributed by atoms with E-state index >= 15 is 0 Å². The summed E-state index contributed by atoms with van der Waals surface area (Å²) in [5.41, 5.74) is 6.38. The van der Waals surface area contributed by atoms with Crippen LogP contribution in [0, 0.1) is 0 Å². The van der Waals surface area contributed by atoms with Crippen molar-refractivity contribution in [1.82, 2.24) is 9.97 Å². The highest BCUT2D eigenvalue weighted by atomic mass is 16.5. The summed E-state index contributed by atoms with van der Waals surface area (Å²) in [6.07, 6.45) is 3.07. The Morgan fingerprint density at radius 1 is 1.28 bits per heavy atom. The molecule has 1 heterocycles. The number of nitrogen functional groups attached to an aromatic ring is 1. The lowest BCUT2D eigenvalue weighted by molar-refractivity contribution is 0.102. The third-order valence-corrected chi connectivity index (χ3v) is 2.30. The van der Waals surface area contributed by atoms with Gasteiger partial charge in [-0.15, -0.1) is 0 Å². The zero-order chi connectivity index (χ0) is 13.0. The molecule has 18 heavy (non-hydrogen) atoms. The lowest BCUT2D eigenvalue weighted by Crippen LogP contribution is -2.16. The average molecular weight is 244 g/mol. The SMILES string of the molecule is COc1cccc(N)c1C(=O)Nc1ncccn1. The molecule has 0 unspecified atom stereocenters. The van der Waals surface area contributed by atoms with Gasteiger partial charge in [0.1, 0.15) is 11.3 Å². The summed E-state index contributed by atoms with van der Waals surface area (Å²) in [4.78, 5) is 19.9. The van der Waals surface area contributed by atoms with Crippen molar-refractivity contribution in [3.05, 3.63) is 42.2 Å². The number of carbonyl (C=O) groups excluding carboxylic acids is 1. The molecule has 1 aromatic heterocycles. The Kier molecular flexibility index (Phi) is 3.38. The number of nitrogens with two attached hydrogens (primary N) is 1. The molecule has 0 bridgehead atoms. The summed E-state index contributed by atoms with van der Waals surface area (Å²) in [6.45, 7) is 0. The van der Waals surface area contributed by atoms with E-state index in [1.165, 1.54) is 19.5 Å². The number of nitrogens with zero attached hydrogens (tertiary/aromatic N) is 2. The van der Waals surface area contributed by atoms with Crippen molar-refractivity contribution in [3.8, 4) is 5.75 Å². The first-order valence-corrected chi connectivity index (χ1v) is 5.23. The van der Waals surface area contributed by atoms with Gasteiger partial charge in [-0.1, -0.05) is 6.07 Å². The highest BCUT2D eigenvalue weighted by Crippen LogP contribution is 2.24. The molecule has 1 aromatic carbocycles. The minimum absolute atomic E-state index is 0.216. The number of benzene rings is 1. The molecule has 0 atom stereocenters. The lowest BCUT2D eigenvalue weighted by atomic mass is 10.1. The van der Waals surface area contributed by atoms with Crippen molar-refractivity contribution in [3.63, 3.8) is 0 Å². The second-order valence-corrected chi connectivity index (χ2v) is 3.45. The molecule has 0 aliphatic heterocycles. The van der Waals surface area contributed by atoms with E-state index < -0.39 is 5.91 Å². The van der Waals surface area contributed by atoms with Gasteiger partial charge >= 0.3 is 0 Å². The molecular formula is C12H12N4O2. The standard InChI is InChI=1S/C12H12N4O2/c1-18-9-5-2-4-8(13)10(9)11(17)16-12-14-6-3-7-15-12/h2-7H,13H2,1H3,(H,14,15,16,17). The number of rotatable bonds is 3. The van der Waals surface area contributed by atoms with Crippen LogP contribution < -0.4 is 15.8 Å². The van der Waals surface area contributed by atoms with E-state index in [2.05, 4.69) is 15.3 Å². The van der Waals surface area contributed by atoms with Crippen LogP contribution in [0.2, 0.25) is 0 Å². The fourth-order valence-electron chi connectivity index (χ4n) is 1.49. The van der Waals surface area contributed by atoms with E-state index in [9.17, 15) is 4.79 Å². The van der Waals surface area contributed by atoms with E-state index in [0.717, 1.165) is 0 Å². The number of hydrogen-bond acceptors (Lipinski definition) is 5. The van der Waals surface area contributed by atoms with Crippen LogP contribution in [0.4, 0.5) is 11.6 Å². The number of carbonyl (C=O) groups is 1. The van der Waals surface area contributed by atoms with E-state index in [0.29, 0.717) is 11.4 Å². The Bertz CT molecular complexity index is 557. The van der Waals surface area contributed by atoms with Crippen LogP contribution in [-0.4, -0.2) is 23.0 Å². The van der Waals surface area contributed by atoms with E-state index in [1.807, 2.05) is 0 Å². The molecule has 2 aromatic rings. The number of anilines is 2. The second-order valence-electron chi connectivity index (χ2n) is 3.45. The van der Waals surface area contributed by atoms with E-state index in [4.69, 9.17) is 10.5 Å². The summed E-state index contributed by atoms with van der Waals surface area (Å²) in [7, 11) is 1.48. The Morgan fingerprint density at radius 2 is 2.00 bits per heavy atom. The minimum Gasteiger partial charge on any atom is -0.496 e. The average Bonchev–Trinajstić information content (AvgIpc) is 2.39. The molecule has 92 valence electrons. The molecule has 0 saturated carbocycles. The molecule has 1 amide bonds. The van der Waals surface area contributed by atoms with E-state index in [1.54, 1.807) is 24.3 Å². The second kappa shape index (κ2) is 5.13. The number of nitrogens with one attached hydrogen (secondary N) is 1. The number of methoxy groups -OCH3 is 1. The van der Waals surface area contributed by atoms with Gasteiger partial charge in [0, 0.05) is 18.1 Å². The third-order valence-electron chi connectivity index (χ3n) is 2.30. The highest BCUT2D eigenvalue weighted by molar-refractivity contribution is 6.09. The van der Waals surface area contributed by atoms with Gasteiger partial charge in [-0.05, 0) is 18.2 Å². The summed E-state index contributed by atoms with van der Waals surface area (Å²) >= 11 is 0. The Balaban J connectivity index is 2.29. The maximum absolute atomic E-state index is 12.1. The number of hydrogen-bond donors (Lipinski definition) is 2. The van der Waals surface area contributed by atoms with Crippen LogP contribution in [0.25, 0.3) is 0 Å². The van der Waals surface area contributed by atoms with Crippen LogP contribution in [0.3, 0.4) is 0 Å². The first-order chi connectivity index (χ1) is 8.72. The zero-order valence-corrected chi connectivity index (χ0v) is 9.75. The molecule has 0 aliphatic carbocycles. The van der Waals surface area contributed by atoms with Crippen molar-refractivity contribution in [1.29, 1.82) is 0 Å². The van der Waals surface area contributed by atoms with Crippen molar-refractivity contribution < 1.29 is 9.53 Å². The molecule has 0 radical (unpaired) electrons. The minimum atomic E-state index is -0.406. The smallest absolute Gasteiger partial charge is 0.263 e. The number of aromatic nitrogens is 2. The first-order valence-electron chi connectivity index (χ1n) is 5.23. The Morgan fingerprint density at radius 3 is 2.67 bits per heavy atom. The van der Waals surface area contributed by atoms with Crippen LogP contribution in [-0.2, 0) is 0 Å². The molecule has 6 heteroatoms. The normalized spacial score (nSPS) is 9.83. The molecule has 0 spiro atoms. The van der Waals surface area contributed by atoms with Gasteiger partial charge in [-0.2, -0.15) is 0 Å². The number of ether oxygens (including phenoxy) is 1.